The largest absolute Gasteiger partial charge is 0.497 e. The van der Waals surface area contributed by atoms with Crippen molar-refractivity contribution in [2.75, 3.05) is 21.3 Å². The Morgan fingerprint density at radius 3 is 2.52 bits per heavy atom. The minimum Gasteiger partial charge on any atom is -0.497 e. The zero-order chi connectivity index (χ0) is 20.1. The molecule has 0 radical (unpaired) electrons. The van der Waals surface area contributed by atoms with Crippen LogP contribution in [-0.2, 0) is 19.1 Å². The molecule has 2 heterocycles. The number of amides is 2. The van der Waals surface area contributed by atoms with Gasteiger partial charge in [0.1, 0.15) is 17.8 Å². The number of benzene rings is 1. The van der Waals surface area contributed by atoms with Crippen molar-refractivity contribution >= 4 is 33.7 Å². The van der Waals surface area contributed by atoms with E-state index in [9.17, 15) is 14.4 Å². The molecule has 0 N–H and O–H groups in total. The van der Waals surface area contributed by atoms with Gasteiger partial charge in [0.05, 0.1) is 25.7 Å². The molecule has 27 heavy (non-hydrogen) atoms. The summed E-state index contributed by atoms with van der Waals surface area (Å²) in [5, 5.41) is 0. The number of fused-ring (bicyclic) bond motifs is 1. The van der Waals surface area contributed by atoms with E-state index in [-0.39, 0.29) is 18.2 Å². The highest BCUT2D eigenvalue weighted by Crippen LogP contribution is 2.54. The predicted molar refractivity (Wildman–Crippen MR) is 101 cm³/mol. The van der Waals surface area contributed by atoms with E-state index in [0.29, 0.717) is 11.3 Å². The van der Waals surface area contributed by atoms with Gasteiger partial charge < -0.3 is 19.3 Å². The van der Waals surface area contributed by atoms with Gasteiger partial charge in [0.25, 0.3) is 0 Å². The first-order chi connectivity index (χ1) is 12.7. The Bertz CT molecular complexity index is 813. The second-order valence-corrected chi connectivity index (χ2v) is 8.14. The van der Waals surface area contributed by atoms with Crippen molar-refractivity contribution in [3.05, 3.63) is 28.2 Å². The Morgan fingerprint density at radius 2 is 1.93 bits per heavy atom. The number of methoxy groups -OCH3 is 2. The van der Waals surface area contributed by atoms with Crippen molar-refractivity contribution in [1.29, 1.82) is 0 Å². The van der Waals surface area contributed by atoms with Crippen LogP contribution in [0.25, 0.3) is 0 Å². The lowest BCUT2D eigenvalue weighted by molar-refractivity contribution is -0.160. The summed E-state index contributed by atoms with van der Waals surface area (Å²) in [6, 6.07) is 3.44. The minimum absolute atomic E-state index is 0.168. The van der Waals surface area contributed by atoms with Gasteiger partial charge in [-0.3, -0.25) is 14.4 Å². The van der Waals surface area contributed by atoms with Gasteiger partial charge in [0, 0.05) is 11.5 Å². The molecular weight excluding hydrogens is 416 g/mol. The molecule has 0 saturated carbocycles. The predicted octanol–water partition coefficient (Wildman–Crippen LogP) is 2.14. The summed E-state index contributed by atoms with van der Waals surface area (Å²) in [5.74, 6) is -0.203. The Morgan fingerprint density at radius 1 is 1.26 bits per heavy atom. The number of piperazine rings is 1. The van der Waals surface area contributed by atoms with Crippen LogP contribution in [0.4, 0.5) is 0 Å². The summed E-state index contributed by atoms with van der Waals surface area (Å²) in [7, 11) is 4.49. The molecule has 0 spiro atoms. The molecule has 3 rings (SSSR count). The fourth-order valence-electron chi connectivity index (χ4n) is 4.17. The molecule has 146 valence electrons. The monoisotopic (exact) mass is 438 g/mol. The van der Waals surface area contributed by atoms with Gasteiger partial charge in [-0.1, -0.05) is 15.9 Å². The first-order valence-electron chi connectivity index (χ1n) is 8.68. The second-order valence-electron chi connectivity index (χ2n) is 7.29. The SMILES string of the molecule is COC(=O)[C@@]1(C)CC2C(=O)N(C)C(C)C(=O)N2[C@H]1c1cc(OC)ccc1Br. The number of halogens is 1. The molecule has 2 saturated heterocycles. The molecule has 2 aliphatic rings. The second kappa shape index (κ2) is 6.82. The van der Waals surface area contributed by atoms with Crippen molar-refractivity contribution < 1.29 is 23.9 Å². The summed E-state index contributed by atoms with van der Waals surface area (Å²) < 4.78 is 11.1. The van der Waals surface area contributed by atoms with Crippen molar-refractivity contribution in [3.63, 3.8) is 0 Å². The summed E-state index contributed by atoms with van der Waals surface area (Å²) in [4.78, 5) is 41.8. The Hall–Kier alpha value is -2.09. The molecule has 1 aromatic rings. The molecule has 2 unspecified atom stereocenters. The highest BCUT2D eigenvalue weighted by molar-refractivity contribution is 9.10. The summed E-state index contributed by atoms with van der Waals surface area (Å²) in [6.07, 6.45) is 0.204. The van der Waals surface area contributed by atoms with Gasteiger partial charge in [-0.2, -0.15) is 0 Å². The number of carbonyl (C=O) groups is 3. The number of rotatable bonds is 3. The quantitative estimate of drug-likeness (QED) is 0.675. The van der Waals surface area contributed by atoms with Gasteiger partial charge in [0.15, 0.2) is 0 Å². The van der Waals surface area contributed by atoms with Crippen LogP contribution in [0.3, 0.4) is 0 Å². The summed E-state index contributed by atoms with van der Waals surface area (Å²) >= 11 is 3.53. The molecule has 2 aliphatic heterocycles. The number of hydrogen-bond donors (Lipinski definition) is 0. The lowest BCUT2D eigenvalue weighted by atomic mass is 9.78. The van der Waals surface area contributed by atoms with Crippen molar-refractivity contribution in [2.45, 2.75) is 38.4 Å². The first kappa shape index (κ1) is 19.7. The maximum absolute atomic E-state index is 13.1. The van der Waals surface area contributed by atoms with E-state index in [4.69, 9.17) is 9.47 Å². The minimum atomic E-state index is -1.06. The van der Waals surface area contributed by atoms with Gasteiger partial charge >= 0.3 is 5.97 Å². The lowest BCUT2D eigenvalue weighted by Gasteiger charge is -2.42. The topological polar surface area (TPSA) is 76.2 Å². The number of likely N-dealkylation sites (N-methyl/N-ethyl adjacent to an activating group) is 1. The van der Waals surface area contributed by atoms with E-state index in [1.165, 1.54) is 12.0 Å². The smallest absolute Gasteiger partial charge is 0.314 e. The zero-order valence-corrected chi connectivity index (χ0v) is 17.6. The molecule has 0 aliphatic carbocycles. The van der Waals surface area contributed by atoms with Crippen LogP contribution in [0.2, 0.25) is 0 Å². The van der Waals surface area contributed by atoms with Crippen LogP contribution in [0, 0.1) is 5.41 Å². The van der Waals surface area contributed by atoms with Gasteiger partial charge in [0.2, 0.25) is 11.8 Å². The standard InChI is InChI=1S/C19H23BrN2O5/c1-10-16(23)22-14(17(24)21(10)3)9-19(2,18(25)27-5)15(22)12-8-11(26-4)6-7-13(12)20/h6-8,10,14-15H,9H2,1-5H3/t10?,14?,15-,19-/m0/s1. The van der Waals surface area contributed by atoms with E-state index >= 15 is 0 Å². The molecule has 1 aromatic carbocycles. The maximum Gasteiger partial charge on any atom is 0.314 e. The fraction of sp³-hybridized carbons (Fsp3) is 0.526. The number of hydrogen-bond acceptors (Lipinski definition) is 5. The third kappa shape index (κ3) is 2.81. The molecular formula is C19H23BrN2O5. The normalized spacial score (nSPS) is 30.4. The zero-order valence-electron chi connectivity index (χ0n) is 16.0. The van der Waals surface area contributed by atoms with Gasteiger partial charge in [-0.15, -0.1) is 0 Å². The van der Waals surface area contributed by atoms with Crippen molar-refractivity contribution in [2.24, 2.45) is 5.41 Å². The molecule has 7 nitrogen and oxygen atoms in total. The van der Waals surface area contributed by atoms with Crippen LogP contribution in [0.15, 0.2) is 22.7 Å². The van der Waals surface area contributed by atoms with Crippen LogP contribution in [0.1, 0.15) is 31.9 Å². The van der Waals surface area contributed by atoms with Crippen molar-refractivity contribution in [3.8, 4) is 5.75 Å². The fourth-order valence-corrected chi connectivity index (χ4v) is 4.64. The van der Waals surface area contributed by atoms with E-state index in [2.05, 4.69) is 15.9 Å². The number of nitrogens with zero attached hydrogens (tertiary/aromatic N) is 2. The third-order valence-corrected chi connectivity index (χ3v) is 6.53. The summed E-state index contributed by atoms with van der Waals surface area (Å²) in [6.45, 7) is 3.45. The molecule has 2 amide bonds. The van der Waals surface area contributed by atoms with Crippen LogP contribution in [0.5, 0.6) is 5.75 Å². The Kier molecular flexibility index (Phi) is 4.96. The van der Waals surface area contributed by atoms with Crippen LogP contribution < -0.4 is 4.74 Å². The Balaban J connectivity index is 2.22. The van der Waals surface area contributed by atoms with Gasteiger partial charge in [-0.05, 0) is 44.0 Å². The molecule has 4 atom stereocenters. The highest BCUT2D eigenvalue weighted by atomic mass is 79.9. The van der Waals surface area contributed by atoms with Crippen molar-refractivity contribution in [1.82, 2.24) is 9.80 Å². The van der Waals surface area contributed by atoms with Crippen LogP contribution in [-0.4, -0.2) is 60.9 Å². The molecule has 0 bridgehead atoms. The van der Waals surface area contributed by atoms with Crippen LogP contribution >= 0.6 is 15.9 Å². The van der Waals surface area contributed by atoms with E-state index < -0.39 is 29.5 Å². The van der Waals surface area contributed by atoms with Gasteiger partial charge in [-0.25, -0.2) is 0 Å². The lowest BCUT2D eigenvalue weighted by Crippen LogP contribution is -2.60. The highest BCUT2D eigenvalue weighted by Gasteiger charge is 2.62. The summed E-state index contributed by atoms with van der Waals surface area (Å²) in [5.41, 5.74) is -0.354. The van der Waals surface area contributed by atoms with E-state index in [1.54, 1.807) is 45.0 Å². The first-order valence-corrected chi connectivity index (χ1v) is 9.47. The molecule has 2 fully saturated rings. The Labute approximate surface area is 166 Å². The maximum atomic E-state index is 13.1. The number of ether oxygens (including phenoxy) is 2. The molecule has 0 aromatic heterocycles. The average Bonchev–Trinajstić information content (AvgIpc) is 2.99. The number of carbonyl (C=O) groups excluding carboxylic acids is 3. The third-order valence-electron chi connectivity index (χ3n) is 5.81. The molecule has 8 heteroatoms. The average molecular weight is 439 g/mol. The van der Waals surface area contributed by atoms with E-state index in [1.807, 2.05) is 6.07 Å². The van der Waals surface area contributed by atoms with E-state index in [0.717, 1.165) is 4.47 Å². The number of esters is 1.